The predicted molar refractivity (Wildman–Crippen MR) is 75.3 cm³/mol. The molecule has 0 unspecified atom stereocenters. The molecule has 108 valence electrons. The Morgan fingerprint density at radius 3 is 2.68 bits per heavy atom. The number of sulfonamides is 1. The van der Waals surface area contributed by atoms with Crippen LogP contribution >= 0.6 is 0 Å². The van der Waals surface area contributed by atoms with Crippen LogP contribution in [0.3, 0.4) is 0 Å². The van der Waals surface area contributed by atoms with Crippen molar-refractivity contribution in [2.45, 2.75) is 50.6 Å². The van der Waals surface area contributed by atoms with Crippen molar-refractivity contribution in [3.63, 3.8) is 0 Å². The van der Waals surface area contributed by atoms with Gasteiger partial charge in [0.25, 0.3) is 0 Å². The predicted octanol–water partition coefficient (Wildman–Crippen LogP) is 1.59. The van der Waals surface area contributed by atoms with E-state index >= 15 is 0 Å². The van der Waals surface area contributed by atoms with Crippen LogP contribution in [-0.4, -0.2) is 25.5 Å². The van der Waals surface area contributed by atoms with Crippen molar-refractivity contribution in [2.75, 3.05) is 6.54 Å². The molecule has 6 heteroatoms. The van der Waals surface area contributed by atoms with Crippen molar-refractivity contribution in [1.82, 2.24) is 15.0 Å². The first-order valence-electron chi connectivity index (χ1n) is 6.77. The number of aromatic nitrogens is 1. The van der Waals surface area contributed by atoms with E-state index in [1.54, 1.807) is 12.3 Å². The Hall–Kier alpha value is -0.850. The Kier molecular flexibility index (Phi) is 4.03. The molecule has 0 saturated heterocycles. The van der Waals surface area contributed by atoms with Crippen molar-refractivity contribution < 1.29 is 8.42 Å². The third-order valence-electron chi connectivity index (χ3n) is 3.59. The van der Waals surface area contributed by atoms with E-state index in [1.165, 1.54) is 0 Å². The molecule has 1 heterocycles. The van der Waals surface area contributed by atoms with Crippen LogP contribution in [0, 0.1) is 5.92 Å². The maximum atomic E-state index is 12.3. The summed E-state index contributed by atoms with van der Waals surface area (Å²) in [5.41, 5.74) is 0.518. The summed E-state index contributed by atoms with van der Waals surface area (Å²) in [5.74, 6) is 0.461. The highest BCUT2D eigenvalue weighted by molar-refractivity contribution is 7.89. The highest BCUT2D eigenvalue weighted by Gasteiger charge is 2.40. The molecular weight excluding hydrogens is 262 g/mol. The van der Waals surface area contributed by atoms with Gasteiger partial charge < -0.3 is 10.3 Å². The lowest BCUT2D eigenvalue weighted by Crippen LogP contribution is -2.44. The third-order valence-corrected chi connectivity index (χ3v) is 5.24. The average molecular weight is 285 g/mol. The van der Waals surface area contributed by atoms with Crippen molar-refractivity contribution in [2.24, 2.45) is 5.92 Å². The molecule has 19 heavy (non-hydrogen) atoms. The molecule has 1 aliphatic carbocycles. The van der Waals surface area contributed by atoms with Crippen LogP contribution in [0.25, 0.3) is 0 Å². The maximum absolute atomic E-state index is 12.3. The second-order valence-corrected chi connectivity index (χ2v) is 7.42. The number of hydrogen-bond acceptors (Lipinski definition) is 3. The quantitative estimate of drug-likeness (QED) is 0.712. The molecule has 1 saturated carbocycles. The van der Waals surface area contributed by atoms with Gasteiger partial charge in [-0.05, 0) is 45.2 Å². The molecule has 0 amide bonds. The Morgan fingerprint density at radius 2 is 2.11 bits per heavy atom. The topological polar surface area (TPSA) is 74.0 Å². The molecule has 1 fully saturated rings. The van der Waals surface area contributed by atoms with E-state index in [0.717, 1.165) is 25.1 Å². The summed E-state index contributed by atoms with van der Waals surface area (Å²) >= 11 is 0. The molecule has 0 bridgehead atoms. The highest BCUT2D eigenvalue weighted by atomic mass is 32.2. The normalized spacial score (nSPS) is 16.8. The number of aromatic amines is 1. The van der Waals surface area contributed by atoms with Crippen LogP contribution in [0.15, 0.2) is 17.2 Å². The minimum atomic E-state index is -3.44. The fourth-order valence-corrected chi connectivity index (χ4v) is 3.72. The van der Waals surface area contributed by atoms with E-state index in [4.69, 9.17) is 0 Å². The fourth-order valence-electron chi connectivity index (χ4n) is 2.23. The van der Waals surface area contributed by atoms with Crippen LogP contribution in [0.1, 0.15) is 39.3 Å². The molecule has 0 aromatic carbocycles. The van der Waals surface area contributed by atoms with E-state index in [2.05, 4.69) is 15.0 Å². The molecule has 1 aliphatic rings. The van der Waals surface area contributed by atoms with Gasteiger partial charge in [0.2, 0.25) is 10.0 Å². The summed E-state index contributed by atoms with van der Waals surface area (Å²) < 4.78 is 27.4. The Balaban J connectivity index is 2.08. The molecular formula is C13H23N3O2S. The van der Waals surface area contributed by atoms with E-state index in [-0.39, 0.29) is 5.54 Å². The largest absolute Gasteiger partial charge is 0.363 e. The summed E-state index contributed by atoms with van der Waals surface area (Å²) in [6.45, 7) is 7.43. The summed E-state index contributed by atoms with van der Waals surface area (Å²) in [5, 5.41) is 3.16. The van der Waals surface area contributed by atoms with Crippen LogP contribution in [0.4, 0.5) is 0 Å². The van der Waals surface area contributed by atoms with E-state index < -0.39 is 10.0 Å². The molecule has 5 nitrogen and oxygen atoms in total. The molecule has 1 aromatic heterocycles. The summed E-state index contributed by atoms with van der Waals surface area (Å²) in [6.07, 6.45) is 3.76. The lowest BCUT2D eigenvalue weighted by Gasteiger charge is -2.25. The molecule has 2 rings (SSSR count). The van der Waals surface area contributed by atoms with Gasteiger partial charge in [0.1, 0.15) is 0 Å². The maximum Gasteiger partial charge on any atom is 0.242 e. The van der Waals surface area contributed by atoms with Crippen LogP contribution in [-0.2, 0) is 16.6 Å². The zero-order chi connectivity index (χ0) is 14.1. The van der Waals surface area contributed by atoms with Crippen LogP contribution in [0.5, 0.6) is 0 Å². The number of nitrogens with one attached hydrogen (secondary N) is 3. The van der Waals surface area contributed by atoms with Gasteiger partial charge in [0.15, 0.2) is 0 Å². The third kappa shape index (κ3) is 3.58. The number of H-pyrrole nitrogens is 1. The average Bonchev–Trinajstić information content (AvgIpc) is 3.05. The van der Waals surface area contributed by atoms with E-state index in [9.17, 15) is 8.42 Å². The van der Waals surface area contributed by atoms with Crippen LogP contribution < -0.4 is 10.0 Å². The smallest absolute Gasteiger partial charge is 0.242 e. The van der Waals surface area contributed by atoms with Gasteiger partial charge in [-0.15, -0.1) is 0 Å². The zero-order valence-electron chi connectivity index (χ0n) is 11.8. The fraction of sp³-hybridized carbons (Fsp3) is 0.692. The lowest BCUT2D eigenvalue weighted by atomic mass is 10.0. The molecule has 0 aliphatic heterocycles. The molecule has 1 aromatic rings. The van der Waals surface area contributed by atoms with Gasteiger partial charge in [-0.3, -0.25) is 0 Å². The Labute approximate surface area is 115 Å². The lowest BCUT2D eigenvalue weighted by molar-refractivity contribution is 0.400. The van der Waals surface area contributed by atoms with Crippen molar-refractivity contribution >= 4 is 10.0 Å². The van der Waals surface area contributed by atoms with Gasteiger partial charge >= 0.3 is 0 Å². The summed E-state index contributed by atoms with van der Waals surface area (Å²) in [4.78, 5) is 3.31. The van der Waals surface area contributed by atoms with Gasteiger partial charge in [-0.25, -0.2) is 13.1 Å². The molecule has 3 N–H and O–H groups in total. The minimum absolute atomic E-state index is 0.314. The SMILES string of the molecule is CCNCc1cc(S(=O)(=O)NC(C)(C)C2CC2)c[nH]1. The Morgan fingerprint density at radius 1 is 1.42 bits per heavy atom. The first-order valence-corrected chi connectivity index (χ1v) is 8.25. The second-order valence-electron chi connectivity index (χ2n) is 5.74. The summed E-state index contributed by atoms with van der Waals surface area (Å²) in [6, 6.07) is 1.69. The molecule has 0 spiro atoms. The first kappa shape index (κ1) is 14.6. The molecule has 0 atom stereocenters. The highest BCUT2D eigenvalue weighted by Crippen LogP contribution is 2.39. The van der Waals surface area contributed by atoms with Crippen molar-refractivity contribution in [3.8, 4) is 0 Å². The minimum Gasteiger partial charge on any atom is -0.363 e. The van der Waals surface area contributed by atoms with Gasteiger partial charge in [0.05, 0.1) is 4.90 Å². The number of rotatable bonds is 7. The summed E-state index contributed by atoms with van der Waals surface area (Å²) in [7, 11) is -3.44. The van der Waals surface area contributed by atoms with Gasteiger partial charge in [-0.1, -0.05) is 6.92 Å². The van der Waals surface area contributed by atoms with E-state index in [1.807, 2.05) is 20.8 Å². The van der Waals surface area contributed by atoms with Crippen molar-refractivity contribution in [3.05, 3.63) is 18.0 Å². The standard InChI is InChI=1S/C13H23N3O2S/c1-4-14-8-11-7-12(9-15-11)19(17,18)16-13(2,3)10-5-6-10/h7,9-10,14-16H,4-6,8H2,1-3H3. The number of hydrogen-bond donors (Lipinski definition) is 3. The van der Waals surface area contributed by atoms with Crippen LogP contribution in [0.2, 0.25) is 0 Å². The zero-order valence-corrected chi connectivity index (χ0v) is 12.6. The first-order chi connectivity index (χ1) is 8.85. The van der Waals surface area contributed by atoms with E-state index in [0.29, 0.717) is 17.4 Å². The van der Waals surface area contributed by atoms with Crippen molar-refractivity contribution in [1.29, 1.82) is 0 Å². The monoisotopic (exact) mass is 285 g/mol. The molecule has 0 radical (unpaired) electrons. The van der Waals surface area contributed by atoms with Gasteiger partial charge in [0, 0.05) is 24.0 Å². The second kappa shape index (κ2) is 5.26. The van der Waals surface area contributed by atoms with Gasteiger partial charge in [-0.2, -0.15) is 0 Å². The Bertz CT molecular complexity index is 530.